The van der Waals surface area contributed by atoms with Crippen LogP contribution in [0, 0.1) is 0 Å². The standard InChI is InChI=1S/C13H16F2N2O/c14-13(15,11-5-2-1-3-6-11)12(18)17-9-4-7-16-8-10-17/h1-3,5-6,16H,4,7-10H2. The van der Waals surface area contributed by atoms with E-state index in [9.17, 15) is 13.6 Å². The lowest BCUT2D eigenvalue weighted by atomic mass is 10.1. The Morgan fingerprint density at radius 2 is 1.89 bits per heavy atom. The van der Waals surface area contributed by atoms with Crippen LogP contribution in [0.15, 0.2) is 30.3 Å². The van der Waals surface area contributed by atoms with Gasteiger partial charge in [0, 0.05) is 25.2 Å². The van der Waals surface area contributed by atoms with Crippen molar-refractivity contribution in [3.05, 3.63) is 35.9 Å². The normalized spacial score (nSPS) is 17.3. The van der Waals surface area contributed by atoms with Crippen LogP contribution in [0.2, 0.25) is 0 Å². The van der Waals surface area contributed by atoms with E-state index in [1.807, 2.05) is 0 Å². The number of rotatable bonds is 2. The first kappa shape index (κ1) is 13.0. The van der Waals surface area contributed by atoms with Gasteiger partial charge in [-0.05, 0) is 13.0 Å². The molecule has 3 nitrogen and oxygen atoms in total. The van der Waals surface area contributed by atoms with Crippen LogP contribution in [-0.4, -0.2) is 37.0 Å². The number of amides is 1. The smallest absolute Gasteiger partial charge is 0.336 e. The molecule has 5 heteroatoms. The third-order valence-electron chi connectivity index (χ3n) is 3.03. The van der Waals surface area contributed by atoms with Gasteiger partial charge in [-0.3, -0.25) is 4.79 Å². The molecule has 0 aromatic heterocycles. The van der Waals surface area contributed by atoms with Crippen LogP contribution < -0.4 is 5.32 Å². The van der Waals surface area contributed by atoms with E-state index in [1.54, 1.807) is 6.07 Å². The Morgan fingerprint density at radius 1 is 1.17 bits per heavy atom. The molecule has 1 aliphatic heterocycles. The Morgan fingerprint density at radius 3 is 2.61 bits per heavy atom. The molecule has 0 saturated carbocycles. The average molecular weight is 254 g/mol. The minimum atomic E-state index is -3.44. The summed E-state index contributed by atoms with van der Waals surface area (Å²) in [5.41, 5.74) is -0.243. The van der Waals surface area contributed by atoms with Gasteiger partial charge in [0.25, 0.3) is 5.91 Å². The monoisotopic (exact) mass is 254 g/mol. The van der Waals surface area contributed by atoms with Crippen molar-refractivity contribution in [2.24, 2.45) is 0 Å². The Balaban J connectivity index is 2.16. The molecule has 0 spiro atoms. The molecule has 1 aromatic carbocycles. The summed E-state index contributed by atoms with van der Waals surface area (Å²) in [5, 5.41) is 3.08. The summed E-state index contributed by atoms with van der Waals surface area (Å²) in [6.07, 6.45) is 0.705. The van der Waals surface area contributed by atoms with Crippen molar-refractivity contribution in [2.45, 2.75) is 12.3 Å². The third kappa shape index (κ3) is 2.67. The van der Waals surface area contributed by atoms with Crippen molar-refractivity contribution < 1.29 is 13.6 Å². The summed E-state index contributed by atoms with van der Waals surface area (Å²) in [6, 6.07) is 7.25. The minimum absolute atomic E-state index is 0.243. The molecule has 1 aliphatic rings. The molecule has 1 fully saturated rings. The van der Waals surface area contributed by atoms with Crippen molar-refractivity contribution in [3.63, 3.8) is 0 Å². The summed E-state index contributed by atoms with van der Waals surface area (Å²) in [5.74, 6) is -4.54. The minimum Gasteiger partial charge on any atom is -0.336 e. The second kappa shape index (κ2) is 5.44. The summed E-state index contributed by atoms with van der Waals surface area (Å²) in [7, 11) is 0. The molecule has 1 aromatic rings. The molecule has 2 rings (SSSR count). The number of halogens is 2. The average Bonchev–Trinajstić information content (AvgIpc) is 2.67. The fraction of sp³-hybridized carbons (Fsp3) is 0.462. The van der Waals surface area contributed by atoms with E-state index < -0.39 is 11.8 Å². The molecular weight excluding hydrogens is 238 g/mol. The lowest BCUT2D eigenvalue weighted by molar-refractivity contribution is -0.158. The van der Waals surface area contributed by atoms with E-state index in [4.69, 9.17) is 0 Å². The molecule has 0 radical (unpaired) electrons. The second-order valence-corrected chi connectivity index (χ2v) is 4.34. The molecule has 0 bridgehead atoms. The van der Waals surface area contributed by atoms with Gasteiger partial charge in [0.15, 0.2) is 0 Å². The van der Waals surface area contributed by atoms with Gasteiger partial charge in [-0.25, -0.2) is 0 Å². The zero-order chi connectivity index (χ0) is 13.0. The van der Waals surface area contributed by atoms with Gasteiger partial charge in [0.2, 0.25) is 0 Å². The topological polar surface area (TPSA) is 32.3 Å². The fourth-order valence-electron chi connectivity index (χ4n) is 2.02. The summed E-state index contributed by atoms with van der Waals surface area (Å²) in [6.45, 7) is 2.05. The summed E-state index contributed by atoms with van der Waals surface area (Å²) < 4.78 is 28.1. The van der Waals surface area contributed by atoms with Crippen LogP contribution in [0.3, 0.4) is 0 Å². The largest absolute Gasteiger partial charge is 0.349 e. The number of nitrogens with zero attached hydrogens (tertiary/aromatic N) is 1. The quantitative estimate of drug-likeness (QED) is 0.869. The molecule has 0 aliphatic carbocycles. The van der Waals surface area contributed by atoms with Crippen molar-refractivity contribution in [2.75, 3.05) is 26.2 Å². The van der Waals surface area contributed by atoms with Crippen LogP contribution in [0.4, 0.5) is 8.78 Å². The van der Waals surface area contributed by atoms with Gasteiger partial charge in [-0.1, -0.05) is 30.3 Å². The molecule has 1 N–H and O–H groups in total. The molecule has 98 valence electrons. The van der Waals surface area contributed by atoms with Crippen LogP contribution >= 0.6 is 0 Å². The predicted molar refractivity (Wildman–Crippen MR) is 64.4 cm³/mol. The predicted octanol–water partition coefficient (Wildman–Crippen LogP) is 1.60. The van der Waals surface area contributed by atoms with E-state index in [0.717, 1.165) is 6.54 Å². The van der Waals surface area contributed by atoms with Gasteiger partial charge in [-0.2, -0.15) is 8.78 Å². The maximum absolute atomic E-state index is 14.1. The first-order valence-corrected chi connectivity index (χ1v) is 6.06. The van der Waals surface area contributed by atoms with E-state index in [-0.39, 0.29) is 5.56 Å². The van der Waals surface area contributed by atoms with Gasteiger partial charge in [-0.15, -0.1) is 0 Å². The van der Waals surface area contributed by atoms with Crippen molar-refractivity contribution >= 4 is 5.91 Å². The number of carbonyl (C=O) groups excluding carboxylic acids is 1. The van der Waals surface area contributed by atoms with Gasteiger partial charge < -0.3 is 10.2 Å². The van der Waals surface area contributed by atoms with Crippen LogP contribution in [-0.2, 0) is 10.7 Å². The molecule has 18 heavy (non-hydrogen) atoms. The molecule has 1 amide bonds. The maximum Gasteiger partial charge on any atom is 0.349 e. The zero-order valence-electron chi connectivity index (χ0n) is 10.0. The third-order valence-corrected chi connectivity index (χ3v) is 3.03. The summed E-state index contributed by atoms with van der Waals surface area (Å²) in [4.78, 5) is 13.2. The molecular formula is C13H16F2N2O. The number of hydrogen-bond donors (Lipinski definition) is 1. The van der Waals surface area contributed by atoms with Gasteiger partial charge in [0.1, 0.15) is 0 Å². The Bertz CT molecular complexity index is 401. The highest BCUT2D eigenvalue weighted by Gasteiger charge is 2.43. The SMILES string of the molecule is O=C(N1CCCNCC1)C(F)(F)c1ccccc1. The number of carbonyl (C=O) groups is 1. The highest BCUT2D eigenvalue weighted by molar-refractivity contribution is 5.84. The van der Waals surface area contributed by atoms with Crippen molar-refractivity contribution in [1.29, 1.82) is 0 Å². The number of nitrogens with one attached hydrogen (secondary N) is 1. The number of alkyl halides is 2. The van der Waals surface area contributed by atoms with Crippen molar-refractivity contribution in [1.82, 2.24) is 10.2 Å². The van der Waals surface area contributed by atoms with E-state index >= 15 is 0 Å². The van der Waals surface area contributed by atoms with E-state index in [2.05, 4.69) is 5.32 Å². The number of hydrogen-bond acceptors (Lipinski definition) is 2. The number of benzene rings is 1. The molecule has 1 heterocycles. The van der Waals surface area contributed by atoms with Crippen LogP contribution in [0.25, 0.3) is 0 Å². The van der Waals surface area contributed by atoms with Crippen LogP contribution in [0.1, 0.15) is 12.0 Å². The molecule has 0 atom stereocenters. The van der Waals surface area contributed by atoms with Gasteiger partial charge in [0.05, 0.1) is 0 Å². The van der Waals surface area contributed by atoms with E-state index in [1.165, 1.54) is 29.2 Å². The zero-order valence-corrected chi connectivity index (χ0v) is 10.0. The Kier molecular flexibility index (Phi) is 3.91. The van der Waals surface area contributed by atoms with Crippen LogP contribution in [0.5, 0.6) is 0 Å². The first-order chi connectivity index (χ1) is 8.62. The molecule has 1 saturated heterocycles. The lowest BCUT2D eigenvalue weighted by Crippen LogP contribution is -2.43. The van der Waals surface area contributed by atoms with Crippen molar-refractivity contribution in [3.8, 4) is 0 Å². The molecule has 0 unspecified atom stereocenters. The second-order valence-electron chi connectivity index (χ2n) is 4.34. The van der Waals surface area contributed by atoms with Gasteiger partial charge >= 0.3 is 5.92 Å². The Hall–Kier alpha value is -1.49. The highest BCUT2D eigenvalue weighted by Crippen LogP contribution is 2.30. The lowest BCUT2D eigenvalue weighted by Gasteiger charge is -2.25. The highest BCUT2D eigenvalue weighted by atomic mass is 19.3. The first-order valence-electron chi connectivity index (χ1n) is 6.06. The summed E-state index contributed by atoms with van der Waals surface area (Å²) >= 11 is 0. The van der Waals surface area contributed by atoms with E-state index in [0.29, 0.717) is 26.1 Å². The Labute approximate surface area is 105 Å². The maximum atomic E-state index is 14.1. The fourth-order valence-corrected chi connectivity index (χ4v) is 2.02.